The van der Waals surface area contributed by atoms with E-state index in [4.69, 9.17) is 5.26 Å². The van der Waals surface area contributed by atoms with Crippen molar-refractivity contribution in [3.63, 3.8) is 0 Å². The van der Waals surface area contributed by atoms with E-state index >= 15 is 0 Å². The van der Waals surface area contributed by atoms with Crippen molar-refractivity contribution in [2.75, 3.05) is 5.32 Å². The Hall–Kier alpha value is -3.67. The van der Waals surface area contributed by atoms with Crippen LogP contribution in [0.2, 0.25) is 0 Å². The minimum atomic E-state index is -4.60. The zero-order valence-corrected chi connectivity index (χ0v) is 13.6. The molecule has 3 aromatic rings. The quantitative estimate of drug-likeness (QED) is 0.766. The monoisotopic (exact) mass is 372 g/mol. The standard InChI is InChI=1S/C18H11F3N4O2/c19-18(20,21)12-5-6-13(11(7-12)8-22)24-16(26)10-25-15-4-2-1-3-14(15)23-9-17(25)27/h1-7,9H,10H2,(H,24,26). The molecule has 0 spiro atoms. The topological polar surface area (TPSA) is 87.8 Å². The number of carbonyl (C=O) groups is 1. The van der Waals surface area contributed by atoms with Crippen molar-refractivity contribution >= 4 is 22.6 Å². The van der Waals surface area contributed by atoms with Crippen molar-refractivity contribution in [1.29, 1.82) is 5.26 Å². The molecule has 0 aliphatic heterocycles. The molecule has 0 bridgehead atoms. The van der Waals surface area contributed by atoms with Crippen LogP contribution in [-0.4, -0.2) is 15.5 Å². The van der Waals surface area contributed by atoms with Gasteiger partial charge in [0.1, 0.15) is 12.6 Å². The summed E-state index contributed by atoms with van der Waals surface area (Å²) >= 11 is 0. The Bertz CT molecular complexity index is 1130. The molecule has 0 aliphatic rings. The van der Waals surface area contributed by atoms with Crippen LogP contribution in [0.25, 0.3) is 11.0 Å². The van der Waals surface area contributed by atoms with E-state index in [9.17, 15) is 22.8 Å². The van der Waals surface area contributed by atoms with Gasteiger partial charge in [-0.25, -0.2) is 4.98 Å². The molecule has 27 heavy (non-hydrogen) atoms. The average molecular weight is 372 g/mol. The highest BCUT2D eigenvalue weighted by Gasteiger charge is 2.31. The van der Waals surface area contributed by atoms with E-state index in [0.717, 1.165) is 18.3 Å². The van der Waals surface area contributed by atoms with Crippen LogP contribution in [0.15, 0.2) is 53.5 Å². The van der Waals surface area contributed by atoms with E-state index in [0.29, 0.717) is 17.1 Å². The van der Waals surface area contributed by atoms with Crippen molar-refractivity contribution in [3.05, 3.63) is 70.1 Å². The van der Waals surface area contributed by atoms with Gasteiger partial charge in [0, 0.05) is 0 Å². The maximum absolute atomic E-state index is 12.7. The van der Waals surface area contributed by atoms with Gasteiger partial charge in [-0.2, -0.15) is 18.4 Å². The predicted octanol–water partition coefficient (Wildman–Crippen LogP) is 2.93. The summed E-state index contributed by atoms with van der Waals surface area (Å²) in [6.07, 6.45) is -3.52. The van der Waals surface area contributed by atoms with Crippen molar-refractivity contribution in [1.82, 2.24) is 9.55 Å². The van der Waals surface area contributed by atoms with Gasteiger partial charge < -0.3 is 5.32 Å². The third kappa shape index (κ3) is 3.79. The number of aromatic nitrogens is 2. The van der Waals surface area contributed by atoms with Crippen LogP contribution in [0.5, 0.6) is 0 Å². The molecule has 0 unspecified atom stereocenters. The molecule has 0 aliphatic carbocycles. The Morgan fingerprint density at radius 2 is 1.96 bits per heavy atom. The van der Waals surface area contributed by atoms with Crippen molar-refractivity contribution < 1.29 is 18.0 Å². The molecular weight excluding hydrogens is 361 g/mol. The summed E-state index contributed by atoms with van der Waals surface area (Å²) in [5, 5.41) is 11.4. The number of carbonyl (C=O) groups excluding carboxylic acids is 1. The number of alkyl halides is 3. The van der Waals surface area contributed by atoms with Gasteiger partial charge in [-0.1, -0.05) is 12.1 Å². The lowest BCUT2D eigenvalue weighted by atomic mass is 10.1. The lowest BCUT2D eigenvalue weighted by Gasteiger charge is -2.12. The first kappa shape index (κ1) is 18.1. The fourth-order valence-corrected chi connectivity index (χ4v) is 2.53. The fourth-order valence-electron chi connectivity index (χ4n) is 2.53. The molecule has 0 atom stereocenters. The van der Waals surface area contributed by atoms with Crippen molar-refractivity contribution in [2.24, 2.45) is 0 Å². The molecule has 1 aromatic heterocycles. The second-order valence-corrected chi connectivity index (χ2v) is 5.59. The maximum Gasteiger partial charge on any atom is 0.416 e. The van der Waals surface area contributed by atoms with Gasteiger partial charge in [0.25, 0.3) is 5.56 Å². The number of nitrogens with one attached hydrogen (secondary N) is 1. The van der Waals surface area contributed by atoms with E-state index in [-0.39, 0.29) is 17.8 Å². The Morgan fingerprint density at radius 3 is 2.67 bits per heavy atom. The molecule has 1 heterocycles. The largest absolute Gasteiger partial charge is 0.416 e. The number of halogens is 3. The third-order valence-corrected chi connectivity index (χ3v) is 3.80. The molecule has 2 aromatic carbocycles. The molecule has 0 radical (unpaired) electrons. The van der Waals surface area contributed by atoms with Gasteiger partial charge in [-0.15, -0.1) is 0 Å². The smallest absolute Gasteiger partial charge is 0.323 e. The highest BCUT2D eigenvalue weighted by molar-refractivity contribution is 5.92. The van der Waals surface area contributed by atoms with E-state index < -0.39 is 23.2 Å². The molecular formula is C18H11F3N4O2. The molecule has 0 saturated carbocycles. The van der Waals surface area contributed by atoms with Crippen LogP contribution in [0.3, 0.4) is 0 Å². The normalized spacial score (nSPS) is 11.2. The van der Waals surface area contributed by atoms with Crippen molar-refractivity contribution in [2.45, 2.75) is 12.7 Å². The highest BCUT2D eigenvalue weighted by Crippen LogP contribution is 2.31. The zero-order chi connectivity index (χ0) is 19.6. The Labute approximate surface area is 150 Å². The van der Waals surface area contributed by atoms with Crippen LogP contribution in [-0.2, 0) is 17.5 Å². The third-order valence-electron chi connectivity index (χ3n) is 3.80. The molecule has 1 amide bonds. The summed E-state index contributed by atoms with van der Waals surface area (Å²) in [5.74, 6) is -0.662. The van der Waals surface area contributed by atoms with E-state index in [1.54, 1.807) is 30.3 Å². The van der Waals surface area contributed by atoms with Crippen molar-refractivity contribution in [3.8, 4) is 6.07 Å². The minimum Gasteiger partial charge on any atom is -0.323 e. The van der Waals surface area contributed by atoms with E-state index in [1.807, 2.05) is 0 Å². The molecule has 136 valence electrons. The second kappa shape index (κ2) is 6.92. The molecule has 1 N–H and O–H groups in total. The first-order valence-electron chi connectivity index (χ1n) is 7.65. The van der Waals surface area contributed by atoms with Gasteiger partial charge in [-0.05, 0) is 30.3 Å². The minimum absolute atomic E-state index is 0.0677. The Morgan fingerprint density at radius 1 is 1.22 bits per heavy atom. The first-order valence-corrected chi connectivity index (χ1v) is 7.65. The molecule has 0 saturated heterocycles. The molecule has 3 rings (SSSR count). The van der Waals surface area contributed by atoms with Crippen LogP contribution < -0.4 is 10.9 Å². The van der Waals surface area contributed by atoms with E-state index in [2.05, 4.69) is 10.3 Å². The number of rotatable bonds is 3. The summed E-state index contributed by atoms with van der Waals surface area (Å²) in [6, 6.07) is 10.8. The van der Waals surface area contributed by atoms with Gasteiger partial charge in [-0.3, -0.25) is 14.2 Å². The van der Waals surface area contributed by atoms with Crippen LogP contribution in [0.1, 0.15) is 11.1 Å². The average Bonchev–Trinajstić information content (AvgIpc) is 2.63. The molecule has 6 nitrogen and oxygen atoms in total. The summed E-state index contributed by atoms with van der Waals surface area (Å²) in [7, 11) is 0. The number of anilines is 1. The highest BCUT2D eigenvalue weighted by atomic mass is 19.4. The number of hydrogen-bond donors (Lipinski definition) is 1. The number of hydrogen-bond acceptors (Lipinski definition) is 4. The number of nitrogens with zero attached hydrogens (tertiary/aromatic N) is 3. The summed E-state index contributed by atoms with van der Waals surface area (Å²) in [4.78, 5) is 28.3. The van der Waals surface area contributed by atoms with Gasteiger partial charge >= 0.3 is 6.18 Å². The van der Waals surface area contributed by atoms with Crippen LogP contribution in [0, 0.1) is 11.3 Å². The second-order valence-electron chi connectivity index (χ2n) is 5.59. The number of amides is 1. The number of benzene rings is 2. The predicted molar refractivity (Wildman–Crippen MR) is 90.8 cm³/mol. The number of fused-ring (bicyclic) bond motifs is 1. The van der Waals surface area contributed by atoms with E-state index in [1.165, 1.54) is 4.57 Å². The maximum atomic E-state index is 12.7. The molecule has 9 heteroatoms. The first-order chi connectivity index (χ1) is 12.8. The van der Waals surface area contributed by atoms with Crippen LogP contribution >= 0.6 is 0 Å². The number of nitriles is 1. The number of para-hydroxylation sites is 2. The SMILES string of the molecule is N#Cc1cc(C(F)(F)F)ccc1NC(=O)Cn1c(=O)cnc2ccccc21. The van der Waals surface area contributed by atoms with Crippen LogP contribution in [0.4, 0.5) is 18.9 Å². The van der Waals surface area contributed by atoms with Gasteiger partial charge in [0.15, 0.2) is 0 Å². The summed E-state index contributed by atoms with van der Waals surface area (Å²) in [6.45, 7) is -0.381. The lowest BCUT2D eigenvalue weighted by molar-refractivity contribution is -0.137. The van der Waals surface area contributed by atoms with Gasteiger partial charge in [0.2, 0.25) is 5.91 Å². The Balaban J connectivity index is 1.89. The molecule has 0 fully saturated rings. The summed E-state index contributed by atoms with van der Waals surface area (Å²) < 4.78 is 39.4. The Kier molecular flexibility index (Phi) is 4.64. The summed E-state index contributed by atoms with van der Waals surface area (Å²) in [5.41, 5.74) is -0.942. The fraction of sp³-hybridized carbons (Fsp3) is 0.111. The lowest BCUT2D eigenvalue weighted by Crippen LogP contribution is -2.28. The zero-order valence-electron chi connectivity index (χ0n) is 13.6. The van der Waals surface area contributed by atoms with Gasteiger partial charge in [0.05, 0.1) is 34.0 Å².